The van der Waals surface area contributed by atoms with Gasteiger partial charge < -0.3 is 14.0 Å². The molecule has 8 nitrogen and oxygen atoms in total. The number of unbranched alkanes of at least 4 members (excludes halogenated alkanes) is 2. The molecule has 256 valence electrons. The number of allylic oxidation sites excluding steroid dienone is 7. The number of rotatable bonds is 14. The van der Waals surface area contributed by atoms with Gasteiger partial charge in [0.15, 0.2) is 0 Å². The van der Waals surface area contributed by atoms with E-state index in [1.807, 2.05) is 66.8 Å². The monoisotopic (exact) mass is 760 g/mol. The molecule has 0 radical (unpaired) electrons. The zero-order chi connectivity index (χ0) is 34.6. The van der Waals surface area contributed by atoms with Crippen molar-refractivity contribution in [3.8, 4) is 0 Å². The molecule has 4 rings (SSSR count). The summed E-state index contributed by atoms with van der Waals surface area (Å²) in [5, 5.41) is 1.32. The van der Waals surface area contributed by atoms with Crippen molar-refractivity contribution < 1.29 is 82.2 Å². The number of halogens is 2. The predicted molar refractivity (Wildman–Crippen MR) is 189 cm³/mol. The molecule has 2 aliphatic rings. The van der Waals surface area contributed by atoms with E-state index in [2.05, 4.69) is 44.7 Å². The minimum Gasteiger partial charge on any atom is -0.748 e. The van der Waals surface area contributed by atoms with E-state index in [0.717, 1.165) is 28.2 Å². The second kappa shape index (κ2) is 17.1. The minimum absolute atomic E-state index is 0. The van der Waals surface area contributed by atoms with E-state index in [4.69, 9.17) is 23.2 Å². The molecule has 48 heavy (non-hydrogen) atoms. The summed E-state index contributed by atoms with van der Waals surface area (Å²) in [6.07, 6.45) is 15.9. The van der Waals surface area contributed by atoms with Crippen LogP contribution in [0.1, 0.15) is 64.5 Å². The predicted octanol–water partition coefficient (Wildman–Crippen LogP) is 3.17. The summed E-state index contributed by atoms with van der Waals surface area (Å²) in [6, 6.07) is 11.8. The summed E-state index contributed by atoms with van der Waals surface area (Å²) in [5.74, 6) is -0.735. The first-order valence-corrected chi connectivity index (χ1v) is 19.7. The van der Waals surface area contributed by atoms with E-state index < -0.39 is 20.2 Å². The van der Waals surface area contributed by atoms with Gasteiger partial charge in [0, 0.05) is 56.5 Å². The third kappa shape index (κ3) is 10.6. The van der Waals surface area contributed by atoms with Gasteiger partial charge in [-0.2, -0.15) is 0 Å². The van der Waals surface area contributed by atoms with Gasteiger partial charge in [-0.1, -0.05) is 67.4 Å². The number of quaternary nitrogens is 1. The maximum absolute atomic E-state index is 11.1. The molecule has 2 aliphatic heterocycles. The Bertz CT molecular complexity index is 1800. The largest absolute Gasteiger partial charge is 1.00 e. The van der Waals surface area contributed by atoms with E-state index in [1.165, 1.54) is 4.90 Å². The molecule has 1 N–H and O–H groups in total. The van der Waals surface area contributed by atoms with Crippen LogP contribution in [0.25, 0.3) is 0 Å². The van der Waals surface area contributed by atoms with Gasteiger partial charge >= 0.3 is 51.4 Å². The number of benzene rings is 2. The van der Waals surface area contributed by atoms with Crippen LogP contribution in [0.4, 0.5) is 11.4 Å². The Kier molecular flexibility index (Phi) is 14.9. The summed E-state index contributed by atoms with van der Waals surface area (Å²) in [6.45, 7) is 9.88. The molecule has 2 atom stereocenters. The number of hydrogen-bond acceptors (Lipinski definition) is 7. The molecule has 2 heterocycles. The molecule has 2 unspecified atom stereocenters. The second-order valence-corrected chi connectivity index (χ2v) is 17.2. The second-order valence-electron chi connectivity index (χ2n) is 13.2. The Morgan fingerprint density at radius 2 is 1.35 bits per heavy atom. The Labute approximate surface area is 338 Å². The first-order chi connectivity index (χ1) is 21.9. The summed E-state index contributed by atoms with van der Waals surface area (Å²) in [7, 11) is -8.49. The van der Waals surface area contributed by atoms with Crippen molar-refractivity contribution in [3.63, 3.8) is 0 Å². The van der Waals surface area contributed by atoms with E-state index in [9.17, 15) is 25.9 Å². The van der Waals surface area contributed by atoms with Gasteiger partial charge in [-0.05, 0) is 87.6 Å². The average molecular weight is 762 g/mol. The van der Waals surface area contributed by atoms with Crippen LogP contribution in [-0.4, -0.2) is 56.6 Å². The molecular weight excluding hydrogens is 719 g/mol. The zero-order valence-corrected chi connectivity index (χ0v) is 34.5. The SMILES string of the molecule is CC1(C)\C(=C/C=C/C=C/C=C/C2[NH+](CCCCS(=O)(=O)[O-])c3ccc(Cl)cc3C2(C)C)N(CCCCS(=O)(=O)[O-])c2ccc(Cl)cc21.[K+]. The molecule has 0 aromatic heterocycles. The molecule has 2 aromatic rings. The third-order valence-electron chi connectivity index (χ3n) is 9.15. The van der Waals surface area contributed by atoms with Gasteiger partial charge in [-0.3, -0.25) is 4.90 Å². The van der Waals surface area contributed by atoms with Gasteiger partial charge in [0.05, 0.1) is 32.2 Å². The topological polar surface area (TPSA) is 122 Å². The van der Waals surface area contributed by atoms with Crippen molar-refractivity contribution in [3.05, 3.63) is 106 Å². The standard InChI is InChI=1S/C35H44Cl2N2O6S2.K/c1-34(2)28-24-26(36)16-18-30(28)38(20-10-12-22-46(40,41)42)32(34)14-8-6-5-7-9-15-33-35(3,4)29-25-27(37)17-19-31(29)39(33)21-11-13-23-47(43,44)45;/h5-9,14-19,24-25,32H,10-13,20-23H2,1-4H3,(H,40,41,42)(H,43,44,45);/q;+1/p-1/b6-5+,9-7+,14-8+,33-15+;. The number of anilines is 1. The molecule has 0 fully saturated rings. The Hall–Kier alpha value is -0.804. The zero-order valence-electron chi connectivity index (χ0n) is 28.2. The van der Waals surface area contributed by atoms with Gasteiger partial charge in [0.25, 0.3) is 0 Å². The number of nitrogens with zero attached hydrogens (tertiary/aromatic N) is 1. The van der Waals surface area contributed by atoms with Crippen molar-refractivity contribution in [2.45, 2.75) is 70.3 Å². The molecule has 0 bridgehead atoms. The van der Waals surface area contributed by atoms with E-state index in [1.54, 1.807) is 0 Å². The smallest absolute Gasteiger partial charge is 0.748 e. The fraction of sp³-hybridized carbons (Fsp3) is 0.429. The molecule has 0 spiro atoms. The number of hydrogen-bond donors (Lipinski definition) is 1. The van der Waals surface area contributed by atoms with E-state index >= 15 is 0 Å². The van der Waals surface area contributed by atoms with Crippen LogP contribution in [0.15, 0.2) is 84.6 Å². The van der Waals surface area contributed by atoms with Gasteiger partial charge in [-0.15, -0.1) is 0 Å². The maximum atomic E-state index is 11.1. The number of fused-ring (bicyclic) bond motifs is 2. The quantitative estimate of drug-likeness (QED) is 0.136. The normalized spacial score (nSPS) is 21.0. The fourth-order valence-electron chi connectivity index (χ4n) is 6.79. The first kappa shape index (κ1) is 41.6. The van der Waals surface area contributed by atoms with Crippen molar-refractivity contribution in [2.75, 3.05) is 29.5 Å². The van der Waals surface area contributed by atoms with Crippen LogP contribution >= 0.6 is 23.2 Å². The van der Waals surface area contributed by atoms with Crippen LogP contribution in [0.3, 0.4) is 0 Å². The van der Waals surface area contributed by atoms with Crippen LogP contribution in [0, 0.1) is 0 Å². The molecule has 2 aromatic carbocycles. The summed E-state index contributed by atoms with van der Waals surface area (Å²) in [4.78, 5) is 3.39. The van der Waals surface area contributed by atoms with Crippen molar-refractivity contribution in [1.29, 1.82) is 0 Å². The summed E-state index contributed by atoms with van der Waals surface area (Å²) < 4.78 is 66.6. The number of nitrogens with one attached hydrogen (secondary N) is 1. The molecule has 0 amide bonds. The minimum atomic E-state index is -4.25. The Morgan fingerprint density at radius 1 is 0.792 bits per heavy atom. The average Bonchev–Trinajstić information content (AvgIpc) is 3.29. The van der Waals surface area contributed by atoms with Gasteiger partial charge in [0.2, 0.25) is 0 Å². The fourth-order valence-corrected chi connectivity index (χ4v) is 8.25. The molecule has 13 heteroatoms. The van der Waals surface area contributed by atoms with Crippen molar-refractivity contribution in [2.24, 2.45) is 0 Å². The summed E-state index contributed by atoms with van der Waals surface area (Å²) in [5.41, 5.74) is 4.88. The van der Waals surface area contributed by atoms with Crippen LogP contribution in [0.2, 0.25) is 10.0 Å². The Balaban J connectivity index is 0.00000625. The van der Waals surface area contributed by atoms with Crippen molar-refractivity contribution in [1.82, 2.24) is 0 Å². The van der Waals surface area contributed by atoms with Crippen LogP contribution < -0.4 is 61.2 Å². The summed E-state index contributed by atoms with van der Waals surface area (Å²) >= 11 is 12.7. The third-order valence-corrected chi connectivity index (χ3v) is 11.2. The van der Waals surface area contributed by atoms with Crippen LogP contribution in [0.5, 0.6) is 0 Å². The molecule has 0 saturated carbocycles. The van der Waals surface area contributed by atoms with Gasteiger partial charge in [-0.25, -0.2) is 16.8 Å². The molecule has 0 aliphatic carbocycles. The molecular formula is C35H43Cl2KN2O6S2. The van der Waals surface area contributed by atoms with E-state index in [-0.39, 0.29) is 79.8 Å². The van der Waals surface area contributed by atoms with E-state index in [0.29, 0.717) is 48.8 Å². The maximum Gasteiger partial charge on any atom is 1.00 e. The van der Waals surface area contributed by atoms with Gasteiger partial charge in [0.1, 0.15) is 11.7 Å². The van der Waals surface area contributed by atoms with Crippen molar-refractivity contribution >= 4 is 54.8 Å². The van der Waals surface area contributed by atoms with Crippen LogP contribution in [-0.2, 0) is 31.1 Å². The Morgan fingerprint density at radius 3 is 2.00 bits per heavy atom. The molecule has 0 saturated heterocycles. The first-order valence-electron chi connectivity index (χ1n) is 15.7.